The summed E-state index contributed by atoms with van der Waals surface area (Å²) in [4.78, 5) is 12.4. The van der Waals surface area contributed by atoms with Crippen LogP contribution in [-0.2, 0) is 20.7 Å². The van der Waals surface area contributed by atoms with Crippen LogP contribution in [0.1, 0.15) is 20.8 Å². The lowest BCUT2D eigenvalue weighted by Gasteiger charge is -2.20. The van der Waals surface area contributed by atoms with Gasteiger partial charge in [-0.05, 0) is 49.5 Å². The van der Waals surface area contributed by atoms with Gasteiger partial charge in [-0.3, -0.25) is 0 Å². The van der Waals surface area contributed by atoms with Crippen LogP contribution in [0.15, 0.2) is 47.4 Å². The number of esters is 1. The van der Waals surface area contributed by atoms with Crippen LogP contribution in [-0.4, -0.2) is 21.9 Å². The highest BCUT2D eigenvalue weighted by molar-refractivity contribution is 7.92. The third-order valence-corrected chi connectivity index (χ3v) is 4.01. The molecule has 0 amide bonds. The Labute approximate surface area is 122 Å². The Hall–Kier alpha value is -1.52. The lowest BCUT2D eigenvalue weighted by atomic mass is 10.1. The fourth-order valence-corrected chi connectivity index (χ4v) is 3.04. The van der Waals surface area contributed by atoms with Crippen molar-refractivity contribution >= 4 is 27.9 Å². The second-order valence-electron chi connectivity index (χ2n) is 5.55. The van der Waals surface area contributed by atoms with E-state index in [2.05, 4.69) is 0 Å². The predicted molar refractivity (Wildman–Crippen MR) is 81.1 cm³/mol. The lowest BCUT2D eigenvalue weighted by molar-refractivity contribution is -0.151. The fraction of sp³-hybridized carbons (Fsp3) is 0.312. The van der Waals surface area contributed by atoms with Gasteiger partial charge in [-0.25, -0.2) is 4.79 Å². The SMILES string of the molecule is CC(C)(C)OC(=O)C[S@+]([O-])c1cccc2ccccc12. The van der Waals surface area contributed by atoms with E-state index in [0.717, 1.165) is 10.8 Å². The minimum atomic E-state index is -1.40. The molecule has 1 atom stereocenters. The number of ether oxygens (including phenoxy) is 1. The highest BCUT2D eigenvalue weighted by atomic mass is 32.2. The topological polar surface area (TPSA) is 49.4 Å². The molecule has 0 aliphatic rings. The van der Waals surface area contributed by atoms with E-state index in [4.69, 9.17) is 4.74 Å². The van der Waals surface area contributed by atoms with Crippen LogP contribution in [0.4, 0.5) is 0 Å². The average Bonchev–Trinajstić information content (AvgIpc) is 2.35. The zero-order chi connectivity index (χ0) is 14.8. The quantitative estimate of drug-likeness (QED) is 0.644. The number of fused-ring (bicyclic) bond motifs is 1. The Bertz CT molecular complexity index is 611. The lowest BCUT2D eigenvalue weighted by Crippen LogP contribution is -2.28. The first-order valence-corrected chi connectivity index (χ1v) is 7.77. The predicted octanol–water partition coefficient (Wildman–Crippen LogP) is 3.29. The minimum absolute atomic E-state index is 0.120. The maximum Gasteiger partial charge on any atom is 0.357 e. The second-order valence-corrected chi connectivity index (χ2v) is 6.97. The van der Waals surface area contributed by atoms with Gasteiger partial charge in [0.25, 0.3) is 0 Å². The van der Waals surface area contributed by atoms with Crippen molar-refractivity contribution in [3.05, 3.63) is 42.5 Å². The van der Waals surface area contributed by atoms with E-state index in [1.54, 1.807) is 26.8 Å². The molecule has 106 valence electrons. The highest BCUT2D eigenvalue weighted by Gasteiger charge is 2.23. The van der Waals surface area contributed by atoms with Crippen molar-refractivity contribution < 1.29 is 14.1 Å². The molecule has 0 spiro atoms. The summed E-state index contributed by atoms with van der Waals surface area (Å²) in [6.45, 7) is 5.39. The number of hydrogen-bond acceptors (Lipinski definition) is 3. The first-order valence-electron chi connectivity index (χ1n) is 6.45. The van der Waals surface area contributed by atoms with Gasteiger partial charge in [0.1, 0.15) is 5.60 Å². The molecule has 0 radical (unpaired) electrons. The normalized spacial score (nSPS) is 13.2. The molecule has 0 unspecified atom stereocenters. The van der Waals surface area contributed by atoms with Crippen LogP contribution in [0.25, 0.3) is 10.8 Å². The number of rotatable bonds is 3. The third kappa shape index (κ3) is 3.74. The van der Waals surface area contributed by atoms with E-state index in [1.165, 1.54) is 0 Å². The summed E-state index contributed by atoms with van der Waals surface area (Å²) in [6.07, 6.45) is 0. The Morgan fingerprint density at radius 2 is 1.80 bits per heavy atom. The average molecular weight is 290 g/mol. The summed E-state index contributed by atoms with van der Waals surface area (Å²) in [5.41, 5.74) is -0.556. The van der Waals surface area contributed by atoms with Gasteiger partial charge in [0, 0.05) is 5.39 Å². The minimum Gasteiger partial charge on any atom is -0.611 e. The smallest absolute Gasteiger partial charge is 0.357 e. The van der Waals surface area contributed by atoms with E-state index in [1.807, 2.05) is 36.4 Å². The summed E-state index contributed by atoms with van der Waals surface area (Å²) in [6, 6.07) is 13.3. The molecule has 2 aromatic rings. The molecule has 0 saturated carbocycles. The monoisotopic (exact) mass is 290 g/mol. The van der Waals surface area contributed by atoms with Gasteiger partial charge in [-0.1, -0.05) is 30.3 Å². The molecule has 0 fully saturated rings. The molecule has 0 N–H and O–H groups in total. The van der Waals surface area contributed by atoms with Gasteiger partial charge in [0.15, 0.2) is 4.90 Å². The summed E-state index contributed by atoms with van der Waals surface area (Å²) in [5, 5.41) is 1.93. The van der Waals surface area contributed by atoms with Crippen molar-refractivity contribution in [2.75, 3.05) is 5.75 Å². The van der Waals surface area contributed by atoms with Gasteiger partial charge in [0.05, 0.1) is 0 Å². The fourth-order valence-electron chi connectivity index (χ4n) is 1.95. The van der Waals surface area contributed by atoms with Crippen molar-refractivity contribution in [2.24, 2.45) is 0 Å². The summed E-state index contributed by atoms with van der Waals surface area (Å²) >= 11 is -1.40. The van der Waals surface area contributed by atoms with E-state index in [9.17, 15) is 9.35 Å². The van der Waals surface area contributed by atoms with E-state index in [0.29, 0.717) is 4.90 Å². The van der Waals surface area contributed by atoms with Gasteiger partial charge >= 0.3 is 5.97 Å². The zero-order valence-corrected chi connectivity index (χ0v) is 12.7. The molecule has 3 nitrogen and oxygen atoms in total. The van der Waals surface area contributed by atoms with Crippen LogP contribution in [0.2, 0.25) is 0 Å². The van der Waals surface area contributed by atoms with Gasteiger partial charge in [0.2, 0.25) is 5.75 Å². The van der Waals surface area contributed by atoms with Crippen molar-refractivity contribution in [3.8, 4) is 0 Å². The molecule has 0 bridgehead atoms. The van der Waals surface area contributed by atoms with Crippen LogP contribution >= 0.6 is 0 Å². The van der Waals surface area contributed by atoms with E-state index < -0.39 is 22.7 Å². The first kappa shape index (κ1) is 14.9. The molecular formula is C16H18O3S. The van der Waals surface area contributed by atoms with Crippen LogP contribution in [0.3, 0.4) is 0 Å². The van der Waals surface area contributed by atoms with Crippen LogP contribution < -0.4 is 0 Å². The zero-order valence-electron chi connectivity index (χ0n) is 11.9. The van der Waals surface area contributed by atoms with Gasteiger partial charge in [-0.2, -0.15) is 0 Å². The number of hydrogen-bond donors (Lipinski definition) is 0. The van der Waals surface area contributed by atoms with Crippen molar-refractivity contribution in [2.45, 2.75) is 31.3 Å². The molecule has 0 heterocycles. The van der Waals surface area contributed by atoms with Gasteiger partial charge < -0.3 is 9.29 Å². The third-order valence-electron chi connectivity index (χ3n) is 2.66. The molecular weight excluding hydrogens is 272 g/mol. The summed E-state index contributed by atoms with van der Waals surface area (Å²) < 4.78 is 17.6. The molecule has 2 rings (SSSR count). The number of carbonyl (C=O) groups is 1. The Morgan fingerprint density at radius 1 is 1.15 bits per heavy atom. The molecule has 0 aliphatic heterocycles. The molecule has 2 aromatic carbocycles. The molecule has 0 aromatic heterocycles. The largest absolute Gasteiger partial charge is 0.611 e. The van der Waals surface area contributed by atoms with Crippen LogP contribution in [0, 0.1) is 0 Å². The standard InChI is InChI=1S/C16H18O3S/c1-16(2,3)19-15(17)11-20(18)14-10-6-8-12-7-4-5-9-13(12)14/h4-10H,11H2,1-3H3/t20-/m0/s1. The molecule has 20 heavy (non-hydrogen) atoms. The van der Waals surface area contributed by atoms with E-state index >= 15 is 0 Å². The Morgan fingerprint density at radius 3 is 2.50 bits per heavy atom. The Balaban J connectivity index is 2.20. The highest BCUT2D eigenvalue weighted by Crippen LogP contribution is 2.24. The molecule has 4 heteroatoms. The maximum absolute atomic E-state index is 12.4. The van der Waals surface area contributed by atoms with E-state index in [-0.39, 0.29) is 5.75 Å². The Kier molecular flexibility index (Phi) is 4.35. The number of benzene rings is 2. The van der Waals surface area contributed by atoms with Crippen molar-refractivity contribution in [3.63, 3.8) is 0 Å². The summed E-state index contributed by atoms with van der Waals surface area (Å²) in [7, 11) is 0. The van der Waals surface area contributed by atoms with Crippen LogP contribution in [0.5, 0.6) is 0 Å². The molecule has 0 saturated heterocycles. The first-order chi connectivity index (χ1) is 9.37. The number of carbonyl (C=O) groups excluding carboxylic acids is 1. The maximum atomic E-state index is 12.4. The van der Waals surface area contributed by atoms with Crippen molar-refractivity contribution in [1.82, 2.24) is 0 Å². The van der Waals surface area contributed by atoms with Crippen molar-refractivity contribution in [1.29, 1.82) is 0 Å². The molecule has 0 aliphatic carbocycles. The van der Waals surface area contributed by atoms with Gasteiger partial charge in [-0.15, -0.1) is 0 Å². The summed E-state index contributed by atoms with van der Waals surface area (Å²) in [5.74, 6) is -0.561. The second kappa shape index (κ2) is 5.85.